The molecule has 1 aromatic carbocycles. The Morgan fingerprint density at radius 2 is 2.27 bits per heavy atom. The Kier molecular flexibility index (Phi) is 7.50. The highest BCUT2D eigenvalue weighted by molar-refractivity contribution is 14.0. The van der Waals surface area contributed by atoms with Crippen molar-refractivity contribution >= 4 is 29.9 Å². The number of aromatic nitrogens is 1. The van der Waals surface area contributed by atoms with Crippen molar-refractivity contribution in [1.82, 2.24) is 10.3 Å². The number of nitrogens with zero attached hydrogens (tertiary/aromatic N) is 2. The molecule has 0 bridgehead atoms. The van der Waals surface area contributed by atoms with Crippen molar-refractivity contribution in [3.05, 3.63) is 53.3 Å². The molecule has 0 saturated carbocycles. The first kappa shape index (κ1) is 20.3. The third-order valence-corrected chi connectivity index (χ3v) is 4.13. The minimum atomic E-state index is 0. The fourth-order valence-electron chi connectivity index (χ4n) is 2.89. The van der Waals surface area contributed by atoms with Crippen LogP contribution >= 0.6 is 24.0 Å². The van der Waals surface area contributed by atoms with Crippen molar-refractivity contribution in [2.24, 2.45) is 10.7 Å². The van der Waals surface area contributed by atoms with Crippen LogP contribution in [0.5, 0.6) is 11.5 Å². The monoisotopic (exact) mass is 468 g/mol. The van der Waals surface area contributed by atoms with Gasteiger partial charge in [-0.2, -0.15) is 0 Å². The summed E-state index contributed by atoms with van der Waals surface area (Å²) >= 11 is 0. The predicted octanol–water partition coefficient (Wildman–Crippen LogP) is 2.68. The summed E-state index contributed by atoms with van der Waals surface area (Å²) in [6.07, 6.45) is 3.70. The Bertz CT molecular complexity index is 753. The number of pyridine rings is 1. The Hall–Kier alpha value is -2.03. The molecule has 26 heavy (non-hydrogen) atoms. The number of rotatable bonds is 6. The lowest BCUT2D eigenvalue weighted by atomic mass is 10.1. The van der Waals surface area contributed by atoms with Gasteiger partial charge in [-0.3, -0.25) is 4.98 Å². The number of benzene rings is 1. The highest BCUT2D eigenvalue weighted by Gasteiger charge is 2.21. The van der Waals surface area contributed by atoms with Gasteiger partial charge < -0.3 is 20.5 Å². The number of guanidine groups is 1. The maximum absolute atomic E-state index is 5.96. The molecule has 140 valence electrons. The molecule has 0 radical (unpaired) electrons. The van der Waals surface area contributed by atoms with Gasteiger partial charge in [-0.25, -0.2) is 4.99 Å². The van der Waals surface area contributed by atoms with Gasteiger partial charge in [-0.05, 0) is 31.2 Å². The minimum absolute atomic E-state index is 0. The van der Waals surface area contributed by atoms with Gasteiger partial charge in [0.25, 0.3) is 0 Å². The molecule has 2 aromatic rings. The number of hydrogen-bond donors (Lipinski definition) is 2. The summed E-state index contributed by atoms with van der Waals surface area (Å²) < 4.78 is 11.3. The molecule has 3 rings (SSSR count). The van der Waals surface area contributed by atoms with Crippen molar-refractivity contribution in [1.29, 1.82) is 0 Å². The van der Waals surface area contributed by atoms with Crippen molar-refractivity contribution in [2.75, 3.05) is 13.7 Å². The van der Waals surface area contributed by atoms with Gasteiger partial charge in [0.1, 0.15) is 17.6 Å². The van der Waals surface area contributed by atoms with Crippen LogP contribution in [0.1, 0.15) is 23.7 Å². The standard InChI is InChI=1S/C19H24N4O2.HI/c1-13-9-14-10-17(24-2)15(11-18(14)25-13)12-23-19(20)22-8-6-16-5-3-4-7-21-16;/h3-5,7,10-11,13H,6,8-9,12H2,1-2H3,(H3,20,22,23);1H. The number of ether oxygens (including phenoxy) is 2. The van der Waals surface area contributed by atoms with E-state index in [-0.39, 0.29) is 30.1 Å². The van der Waals surface area contributed by atoms with E-state index in [9.17, 15) is 0 Å². The average Bonchev–Trinajstić information content (AvgIpc) is 2.98. The molecule has 1 atom stereocenters. The molecule has 1 aliphatic heterocycles. The van der Waals surface area contributed by atoms with E-state index in [2.05, 4.69) is 22.2 Å². The molecular weight excluding hydrogens is 443 g/mol. The number of halogens is 1. The van der Waals surface area contributed by atoms with Gasteiger partial charge in [0.15, 0.2) is 5.96 Å². The second kappa shape index (κ2) is 9.61. The number of nitrogens with one attached hydrogen (secondary N) is 1. The van der Waals surface area contributed by atoms with Crippen molar-refractivity contribution in [3.8, 4) is 11.5 Å². The van der Waals surface area contributed by atoms with Gasteiger partial charge >= 0.3 is 0 Å². The van der Waals surface area contributed by atoms with E-state index in [1.165, 1.54) is 5.56 Å². The molecule has 0 spiro atoms. The zero-order valence-corrected chi connectivity index (χ0v) is 17.4. The molecule has 3 N–H and O–H groups in total. The molecule has 0 amide bonds. The molecule has 1 aromatic heterocycles. The zero-order chi connectivity index (χ0) is 17.6. The van der Waals surface area contributed by atoms with E-state index >= 15 is 0 Å². The Morgan fingerprint density at radius 1 is 1.42 bits per heavy atom. The lowest BCUT2D eigenvalue weighted by molar-refractivity contribution is 0.254. The highest BCUT2D eigenvalue weighted by atomic mass is 127. The first-order chi connectivity index (χ1) is 12.2. The van der Waals surface area contributed by atoms with Crippen LogP contribution in [-0.4, -0.2) is 30.7 Å². The van der Waals surface area contributed by atoms with Gasteiger partial charge in [-0.1, -0.05) is 6.07 Å². The van der Waals surface area contributed by atoms with E-state index < -0.39 is 0 Å². The molecule has 1 unspecified atom stereocenters. The Balaban J connectivity index is 0.00000243. The predicted molar refractivity (Wildman–Crippen MR) is 113 cm³/mol. The minimum Gasteiger partial charge on any atom is -0.496 e. The van der Waals surface area contributed by atoms with Crippen LogP contribution < -0.4 is 20.5 Å². The van der Waals surface area contributed by atoms with Crippen molar-refractivity contribution < 1.29 is 9.47 Å². The van der Waals surface area contributed by atoms with Crippen LogP contribution in [0.3, 0.4) is 0 Å². The summed E-state index contributed by atoms with van der Waals surface area (Å²) in [6, 6.07) is 9.91. The maximum atomic E-state index is 5.96. The first-order valence-electron chi connectivity index (χ1n) is 8.46. The van der Waals surface area contributed by atoms with E-state index in [4.69, 9.17) is 15.2 Å². The number of methoxy groups -OCH3 is 1. The molecule has 1 aliphatic rings. The summed E-state index contributed by atoms with van der Waals surface area (Å²) in [4.78, 5) is 8.69. The lowest BCUT2D eigenvalue weighted by Crippen LogP contribution is -2.33. The Morgan fingerprint density at radius 3 is 3.00 bits per heavy atom. The number of hydrogen-bond acceptors (Lipinski definition) is 4. The highest BCUT2D eigenvalue weighted by Crippen LogP contribution is 2.35. The fraction of sp³-hybridized carbons (Fsp3) is 0.368. The van der Waals surface area contributed by atoms with Crippen molar-refractivity contribution in [3.63, 3.8) is 0 Å². The number of aliphatic imine (C=N–C) groups is 1. The van der Waals surface area contributed by atoms with Crippen molar-refractivity contribution in [2.45, 2.75) is 32.4 Å². The van der Waals surface area contributed by atoms with Crippen LogP contribution in [0.2, 0.25) is 0 Å². The number of fused-ring (bicyclic) bond motifs is 1. The molecule has 0 fully saturated rings. The van der Waals surface area contributed by atoms with Crippen LogP contribution in [0.15, 0.2) is 41.5 Å². The van der Waals surface area contributed by atoms with E-state index in [1.807, 2.05) is 30.3 Å². The van der Waals surface area contributed by atoms with Gasteiger partial charge in [0, 0.05) is 42.4 Å². The fourth-order valence-corrected chi connectivity index (χ4v) is 2.89. The van der Waals surface area contributed by atoms with Gasteiger partial charge in [0.05, 0.1) is 13.7 Å². The maximum Gasteiger partial charge on any atom is 0.188 e. The summed E-state index contributed by atoms with van der Waals surface area (Å²) in [5.41, 5.74) is 9.12. The third-order valence-electron chi connectivity index (χ3n) is 4.13. The molecule has 6 nitrogen and oxygen atoms in total. The molecule has 0 saturated heterocycles. The van der Waals surface area contributed by atoms with E-state index in [0.717, 1.165) is 35.6 Å². The van der Waals surface area contributed by atoms with Gasteiger partial charge in [-0.15, -0.1) is 24.0 Å². The summed E-state index contributed by atoms with van der Waals surface area (Å²) in [7, 11) is 1.67. The summed E-state index contributed by atoms with van der Waals surface area (Å²) in [5.74, 6) is 2.15. The second-order valence-corrected chi connectivity index (χ2v) is 6.10. The van der Waals surface area contributed by atoms with E-state index in [0.29, 0.717) is 19.0 Å². The van der Waals surface area contributed by atoms with Gasteiger partial charge in [0.2, 0.25) is 0 Å². The molecule has 2 heterocycles. The molecule has 0 aliphatic carbocycles. The second-order valence-electron chi connectivity index (χ2n) is 6.10. The van der Waals surface area contributed by atoms with E-state index in [1.54, 1.807) is 13.3 Å². The zero-order valence-electron chi connectivity index (χ0n) is 15.1. The number of nitrogens with two attached hydrogens (primary N) is 1. The molecular formula is C19H25IN4O2. The van der Waals surface area contributed by atoms with Crippen LogP contribution in [-0.2, 0) is 19.4 Å². The first-order valence-corrected chi connectivity index (χ1v) is 8.46. The van der Waals surface area contributed by atoms with Crippen LogP contribution in [0.4, 0.5) is 0 Å². The molecule has 7 heteroatoms. The lowest BCUT2D eigenvalue weighted by Gasteiger charge is -2.10. The summed E-state index contributed by atoms with van der Waals surface area (Å²) in [6.45, 7) is 3.19. The average molecular weight is 468 g/mol. The topological polar surface area (TPSA) is 81.8 Å². The quantitative estimate of drug-likeness (QED) is 0.387. The third kappa shape index (κ3) is 5.23. The van der Waals surface area contributed by atoms with Crippen LogP contribution in [0, 0.1) is 0 Å². The Labute approximate surface area is 171 Å². The van der Waals surface area contributed by atoms with Crippen LogP contribution in [0.25, 0.3) is 0 Å². The smallest absolute Gasteiger partial charge is 0.188 e. The summed E-state index contributed by atoms with van der Waals surface area (Å²) in [5, 5.41) is 3.11. The normalized spacial score (nSPS) is 15.6. The SMILES string of the molecule is COc1cc2c(cc1CN=C(N)NCCc1ccccn1)OC(C)C2.I. The largest absolute Gasteiger partial charge is 0.496 e.